The van der Waals surface area contributed by atoms with Crippen LogP contribution in [0.15, 0.2) is 30.5 Å². The van der Waals surface area contributed by atoms with Gasteiger partial charge in [-0.1, -0.05) is 18.2 Å². The van der Waals surface area contributed by atoms with Crippen LogP contribution in [0, 0.1) is 11.8 Å². The zero-order chi connectivity index (χ0) is 13.6. The molecule has 3 rings (SSSR count). The van der Waals surface area contributed by atoms with E-state index in [2.05, 4.69) is 27.8 Å². The average Bonchev–Trinajstić information content (AvgIpc) is 3.07. The number of carboxylic acids is 1. The van der Waals surface area contributed by atoms with Gasteiger partial charge in [0.05, 0.1) is 11.6 Å². The van der Waals surface area contributed by atoms with E-state index in [0.717, 1.165) is 13.0 Å². The summed E-state index contributed by atoms with van der Waals surface area (Å²) < 4.78 is 2.11. The minimum atomic E-state index is -0.656. The summed E-state index contributed by atoms with van der Waals surface area (Å²) in [7, 11) is 4.08. The van der Waals surface area contributed by atoms with E-state index in [1.807, 2.05) is 26.2 Å². The van der Waals surface area contributed by atoms with Gasteiger partial charge in [0.15, 0.2) is 0 Å². The maximum absolute atomic E-state index is 10.9. The third-order valence-corrected chi connectivity index (χ3v) is 4.04. The van der Waals surface area contributed by atoms with E-state index in [-0.39, 0.29) is 5.92 Å². The van der Waals surface area contributed by atoms with Crippen molar-refractivity contribution in [2.75, 3.05) is 18.5 Å². The molecule has 1 heterocycles. The molecule has 1 aromatic carbocycles. The van der Waals surface area contributed by atoms with Crippen LogP contribution in [0.1, 0.15) is 6.42 Å². The van der Waals surface area contributed by atoms with E-state index in [0.29, 0.717) is 5.92 Å². The first-order chi connectivity index (χ1) is 9.08. The number of hydrogen-bond acceptors (Lipinski definition) is 2. The molecule has 2 atom stereocenters. The third-order valence-electron chi connectivity index (χ3n) is 4.04. The zero-order valence-corrected chi connectivity index (χ0v) is 11.2. The number of carbonyl (C=O) groups is 1. The molecule has 1 N–H and O–H groups in total. The number of hydrogen-bond donors (Lipinski definition) is 1. The number of benzene rings is 1. The monoisotopic (exact) mass is 258 g/mol. The quantitative estimate of drug-likeness (QED) is 0.915. The lowest BCUT2D eigenvalue weighted by atomic mass is 10.2. The van der Waals surface area contributed by atoms with Crippen molar-refractivity contribution in [3.05, 3.63) is 30.5 Å². The van der Waals surface area contributed by atoms with Crippen LogP contribution in [-0.4, -0.2) is 29.2 Å². The number of rotatable bonds is 4. The molecule has 1 aliphatic carbocycles. The first-order valence-electron chi connectivity index (χ1n) is 6.56. The van der Waals surface area contributed by atoms with Crippen molar-refractivity contribution >= 4 is 22.6 Å². The number of fused-ring (bicyclic) bond motifs is 1. The Balaban J connectivity index is 1.82. The lowest BCUT2D eigenvalue weighted by molar-refractivity contribution is -0.138. The lowest BCUT2D eigenvalue weighted by Crippen LogP contribution is -2.21. The molecule has 0 aliphatic heterocycles. The smallest absolute Gasteiger partial charge is 0.306 e. The number of carboxylic acid groups (broad SMARTS) is 1. The van der Waals surface area contributed by atoms with E-state index >= 15 is 0 Å². The molecule has 19 heavy (non-hydrogen) atoms. The Bertz CT molecular complexity index is 632. The Labute approximate surface area is 112 Å². The van der Waals surface area contributed by atoms with Crippen LogP contribution < -0.4 is 4.90 Å². The van der Waals surface area contributed by atoms with Crippen molar-refractivity contribution in [2.24, 2.45) is 18.9 Å². The second kappa shape index (κ2) is 4.30. The maximum atomic E-state index is 10.9. The second-order valence-electron chi connectivity index (χ2n) is 5.46. The largest absolute Gasteiger partial charge is 0.481 e. The van der Waals surface area contributed by atoms with Gasteiger partial charge in [-0.25, -0.2) is 0 Å². The Morgan fingerprint density at radius 2 is 2.21 bits per heavy atom. The highest BCUT2D eigenvalue weighted by molar-refractivity contribution is 5.93. The average molecular weight is 258 g/mol. The van der Waals surface area contributed by atoms with Gasteiger partial charge in [0.25, 0.3) is 0 Å². The first-order valence-corrected chi connectivity index (χ1v) is 6.56. The standard InChI is InChI=1S/C15H18N2O2/c1-16(8-10-7-12(10)15(18)19)14-9-17(2)13-6-4-3-5-11(13)14/h3-6,9-10,12H,7-8H2,1-2H3,(H,18,19). The van der Waals surface area contributed by atoms with E-state index in [9.17, 15) is 4.79 Å². The van der Waals surface area contributed by atoms with Gasteiger partial charge in [0.2, 0.25) is 0 Å². The van der Waals surface area contributed by atoms with E-state index in [1.54, 1.807) is 0 Å². The topological polar surface area (TPSA) is 45.5 Å². The predicted molar refractivity (Wildman–Crippen MR) is 75.4 cm³/mol. The summed E-state index contributed by atoms with van der Waals surface area (Å²) in [5.41, 5.74) is 2.38. The number of nitrogens with zero attached hydrogens (tertiary/aromatic N) is 2. The van der Waals surface area contributed by atoms with Crippen molar-refractivity contribution < 1.29 is 9.90 Å². The molecule has 0 radical (unpaired) electrons. The summed E-state index contributed by atoms with van der Waals surface area (Å²) in [5, 5.41) is 10.2. The minimum Gasteiger partial charge on any atom is -0.481 e. The summed E-state index contributed by atoms with van der Waals surface area (Å²) in [6, 6.07) is 8.29. The van der Waals surface area contributed by atoms with Gasteiger partial charge in [-0.05, 0) is 18.4 Å². The number of para-hydroxylation sites is 1. The summed E-state index contributed by atoms with van der Waals surface area (Å²) in [4.78, 5) is 13.1. The van der Waals surface area contributed by atoms with Gasteiger partial charge < -0.3 is 14.6 Å². The van der Waals surface area contributed by atoms with Crippen molar-refractivity contribution in [1.82, 2.24) is 4.57 Å². The fourth-order valence-electron chi connectivity index (χ4n) is 2.83. The predicted octanol–water partition coefficient (Wildman–Crippen LogP) is 2.34. The summed E-state index contributed by atoms with van der Waals surface area (Å²) >= 11 is 0. The highest BCUT2D eigenvalue weighted by atomic mass is 16.4. The number of aromatic nitrogens is 1. The Morgan fingerprint density at radius 3 is 2.89 bits per heavy atom. The normalized spacial score (nSPS) is 21.6. The highest BCUT2D eigenvalue weighted by Gasteiger charge is 2.43. The van der Waals surface area contributed by atoms with Gasteiger partial charge >= 0.3 is 5.97 Å². The molecule has 1 aliphatic rings. The van der Waals surface area contributed by atoms with Crippen molar-refractivity contribution in [3.8, 4) is 0 Å². The van der Waals surface area contributed by atoms with Crippen LogP contribution in [0.2, 0.25) is 0 Å². The summed E-state index contributed by atoms with van der Waals surface area (Å²) in [6.07, 6.45) is 2.92. The maximum Gasteiger partial charge on any atom is 0.306 e. The fourth-order valence-corrected chi connectivity index (χ4v) is 2.83. The van der Waals surface area contributed by atoms with Crippen LogP contribution in [0.25, 0.3) is 10.9 Å². The molecule has 100 valence electrons. The van der Waals surface area contributed by atoms with Gasteiger partial charge in [0.1, 0.15) is 0 Å². The van der Waals surface area contributed by atoms with Crippen molar-refractivity contribution in [2.45, 2.75) is 6.42 Å². The Kier molecular flexibility index (Phi) is 2.73. The fraction of sp³-hybridized carbons (Fsp3) is 0.400. The van der Waals surface area contributed by atoms with Crippen LogP contribution >= 0.6 is 0 Å². The first kappa shape index (κ1) is 12.1. The Hall–Kier alpha value is -1.97. The molecular weight excluding hydrogens is 240 g/mol. The molecule has 4 nitrogen and oxygen atoms in total. The summed E-state index contributed by atoms with van der Waals surface area (Å²) in [5.74, 6) is -0.504. The van der Waals surface area contributed by atoms with Crippen LogP contribution in [0.4, 0.5) is 5.69 Å². The van der Waals surface area contributed by atoms with E-state index in [1.165, 1.54) is 16.6 Å². The molecule has 0 amide bonds. The minimum absolute atomic E-state index is 0.141. The molecule has 1 aromatic heterocycles. The van der Waals surface area contributed by atoms with Gasteiger partial charge in [0, 0.05) is 37.7 Å². The zero-order valence-electron chi connectivity index (χ0n) is 11.2. The van der Waals surface area contributed by atoms with Gasteiger partial charge in [-0.3, -0.25) is 4.79 Å². The molecule has 1 fully saturated rings. The van der Waals surface area contributed by atoms with Crippen LogP contribution in [0.3, 0.4) is 0 Å². The van der Waals surface area contributed by atoms with Crippen LogP contribution in [0.5, 0.6) is 0 Å². The number of aryl methyl sites for hydroxylation is 1. The molecule has 0 spiro atoms. The van der Waals surface area contributed by atoms with Gasteiger partial charge in [-0.15, -0.1) is 0 Å². The van der Waals surface area contributed by atoms with Crippen molar-refractivity contribution in [1.29, 1.82) is 0 Å². The van der Waals surface area contributed by atoms with Crippen LogP contribution in [-0.2, 0) is 11.8 Å². The second-order valence-corrected chi connectivity index (χ2v) is 5.46. The molecule has 1 saturated carbocycles. The molecule has 2 aromatic rings. The van der Waals surface area contributed by atoms with Crippen molar-refractivity contribution in [3.63, 3.8) is 0 Å². The molecule has 2 unspecified atom stereocenters. The number of anilines is 1. The van der Waals surface area contributed by atoms with E-state index < -0.39 is 5.97 Å². The van der Waals surface area contributed by atoms with E-state index in [4.69, 9.17) is 5.11 Å². The molecule has 4 heteroatoms. The summed E-state index contributed by atoms with van der Waals surface area (Å²) in [6.45, 7) is 0.810. The van der Waals surface area contributed by atoms with Gasteiger partial charge in [-0.2, -0.15) is 0 Å². The lowest BCUT2D eigenvalue weighted by Gasteiger charge is -2.18. The third kappa shape index (κ3) is 2.07. The molecule has 0 saturated heterocycles. The molecular formula is C15H18N2O2. The Morgan fingerprint density at radius 1 is 1.47 bits per heavy atom. The highest BCUT2D eigenvalue weighted by Crippen LogP contribution is 2.40. The SMILES string of the molecule is CN(CC1CC1C(=O)O)c1cn(C)c2ccccc12. The number of aliphatic carboxylic acids is 1. The molecule has 0 bridgehead atoms.